The van der Waals surface area contributed by atoms with Gasteiger partial charge in [-0.1, -0.05) is 0 Å². The number of halogens is 1. The van der Waals surface area contributed by atoms with Crippen molar-refractivity contribution in [3.63, 3.8) is 0 Å². The third-order valence-corrected chi connectivity index (χ3v) is 2.69. The van der Waals surface area contributed by atoms with Crippen LogP contribution in [0.4, 0.5) is 0 Å². The quantitative estimate of drug-likeness (QED) is 0.508. The monoisotopic (exact) mass is 174 g/mol. The van der Waals surface area contributed by atoms with Crippen molar-refractivity contribution in [2.45, 2.75) is 12.3 Å². The van der Waals surface area contributed by atoms with Gasteiger partial charge in [0.05, 0.1) is 5.88 Å². The fourth-order valence-electron chi connectivity index (χ4n) is 0.686. The van der Waals surface area contributed by atoms with Gasteiger partial charge in [-0.05, 0) is 12.1 Å². The highest BCUT2D eigenvalue weighted by molar-refractivity contribution is 7.12. The highest BCUT2D eigenvalue weighted by atomic mass is 35.5. The summed E-state index contributed by atoms with van der Waals surface area (Å²) in [5, 5.41) is 0. The van der Waals surface area contributed by atoms with E-state index in [2.05, 4.69) is 0 Å². The molecule has 0 unspecified atom stereocenters. The second-order valence-electron chi connectivity index (χ2n) is 1.87. The summed E-state index contributed by atoms with van der Waals surface area (Å²) >= 11 is 7.16. The van der Waals surface area contributed by atoms with Crippen LogP contribution >= 0.6 is 22.9 Å². The highest BCUT2D eigenvalue weighted by Crippen LogP contribution is 2.17. The van der Waals surface area contributed by atoms with E-state index >= 15 is 0 Å². The molecule has 0 amide bonds. The van der Waals surface area contributed by atoms with Crippen LogP contribution in [0.1, 0.15) is 9.75 Å². The molecule has 0 N–H and O–H groups in total. The molecule has 1 heterocycles. The largest absolute Gasteiger partial charge is 0.303 e. The van der Waals surface area contributed by atoms with Gasteiger partial charge in [0.1, 0.15) is 6.29 Å². The predicted octanol–water partition coefficient (Wildman–Crippen LogP) is 2.23. The van der Waals surface area contributed by atoms with Crippen LogP contribution in [-0.2, 0) is 17.1 Å². The van der Waals surface area contributed by atoms with E-state index < -0.39 is 0 Å². The maximum absolute atomic E-state index is 10.0. The molecule has 0 aliphatic heterocycles. The Morgan fingerprint density at radius 1 is 1.50 bits per heavy atom. The first-order valence-corrected chi connectivity index (χ1v) is 4.29. The van der Waals surface area contributed by atoms with E-state index in [9.17, 15) is 4.79 Å². The lowest BCUT2D eigenvalue weighted by Gasteiger charge is -1.82. The van der Waals surface area contributed by atoms with Crippen molar-refractivity contribution in [2.24, 2.45) is 0 Å². The summed E-state index contributed by atoms with van der Waals surface area (Å²) in [6.07, 6.45) is 1.42. The number of hydrogen-bond donors (Lipinski definition) is 0. The molecule has 0 saturated heterocycles. The lowest BCUT2D eigenvalue weighted by molar-refractivity contribution is -0.107. The van der Waals surface area contributed by atoms with Gasteiger partial charge in [0.15, 0.2) is 0 Å². The minimum Gasteiger partial charge on any atom is -0.303 e. The Bertz CT molecular complexity index is 219. The first-order chi connectivity index (χ1) is 4.86. The van der Waals surface area contributed by atoms with Gasteiger partial charge in [-0.3, -0.25) is 0 Å². The predicted molar refractivity (Wildman–Crippen MR) is 43.6 cm³/mol. The zero-order valence-corrected chi connectivity index (χ0v) is 6.91. The smallest absolute Gasteiger partial charge is 0.125 e. The van der Waals surface area contributed by atoms with Crippen molar-refractivity contribution in [1.82, 2.24) is 0 Å². The van der Waals surface area contributed by atoms with Gasteiger partial charge in [-0.2, -0.15) is 0 Å². The fraction of sp³-hybridized carbons (Fsp3) is 0.286. The Balaban J connectivity index is 2.67. The third kappa shape index (κ3) is 1.82. The molecule has 0 aliphatic carbocycles. The Morgan fingerprint density at radius 3 is 2.70 bits per heavy atom. The van der Waals surface area contributed by atoms with Crippen LogP contribution < -0.4 is 0 Å². The average Bonchev–Trinajstić information content (AvgIpc) is 2.37. The second kappa shape index (κ2) is 3.74. The van der Waals surface area contributed by atoms with E-state index in [1.807, 2.05) is 12.1 Å². The molecule has 3 heteroatoms. The molecule has 0 spiro atoms. The van der Waals surface area contributed by atoms with Gasteiger partial charge in [-0.15, -0.1) is 22.9 Å². The molecule has 0 radical (unpaired) electrons. The van der Waals surface area contributed by atoms with E-state index in [-0.39, 0.29) is 0 Å². The molecule has 0 bridgehead atoms. The molecule has 54 valence electrons. The summed E-state index contributed by atoms with van der Waals surface area (Å²) in [5.74, 6) is 0.545. The average molecular weight is 175 g/mol. The van der Waals surface area contributed by atoms with Crippen LogP contribution in [0.5, 0.6) is 0 Å². The maximum Gasteiger partial charge on any atom is 0.125 e. The minimum atomic E-state index is 0.515. The molecular weight excluding hydrogens is 168 g/mol. The lowest BCUT2D eigenvalue weighted by atomic mass is 10.4. The second-order valence-corrected chi connectivity index (χ2v) is 3.39. The molecule has 1 rings (SSSR count). The van der Waals surface area contributed by atoms with Crippen LogP contribution in [0.3, 0.4) is 0 Å². The van der Waals surface area contributed by atoms with Crippen molar-refractivity contribution in [2.75, 3.05) is 0 Å². The Hall–Kier alpha value is -0.340. The van der Waals surface area contributed by atoms with Gasteiger partial charge in [0.2, 0.25) is 0 Å². The van der Waals surface area contributed by atoms with Crippen molar-refractivity contribution in [1.29, 1.82) is 0 Å². The highest BCUT2D eigenvalue weighted by Gasteiger charge is 1.96. The zero-order chi connectivity index (χ0) is 7.40. The van der Waals surface area contributed by atoms with Crippen LogP contribution in [-0.4, -0.2) is 6.29 Å². The summed E-state index contributed by atoms with van der Waals surface area (Å²) in [5.41, 5.74) is 0. The molecular formula is C7H7ClOS. The normalized spacial score (nSPS) is 9.70. The van der Waals surface area contributed by atoms with Crippen LogP contribution in [0.15, 0.2) is 12.1 Å². The summed E-state index contributed by atoms with van der Waals surface area (Å²) < 4.78 is 0. The summed E-state index contributed by atoms with van der Waals surface area (Å²) in [6.45, 7) is 0. The SMILES string of the molecule is O=CCc1ccc(CCl)s1. The van der Waals surface area contributed by atoms with Crippen LogP contribution in [0, 0.1) is 0 Å². The molecule has 0 saturated carbocycles. The van der Waals surface area contributed by atoms with Crippen LogP contribution in [0.2, 0.25) is 0 Å². The fourth-order valence-corrected chi connectivity index (χ4v) is 1.75. The Morgan fingerprint density at radius 2 is 2.20 bits per heavy atom. The molecule has 1 aromatic rings. The van der Waals surface area contributed by atoms with Gasteiger partial charge in [0, 0.05) is 16.2 Å². The number of carbonyl (C=O) groups excluding carboxylic acids is 1. The number of rotatable bonds is 3. The summed E-state index contributed by atoms with van der Waals surface area (Å²) in [6, 6.07) is 3.90. The van der Waals surface area contributed by atoms with E-state index in [4.69, 9.17) is 11.6 Å². The van der Waals surface area contributed by atoms with E-state index in [0.29, 0.717) is 12.3 Å². The molecule has 1 nitrogen and oxygen atoms in total. The van der Waals surface area contributed by atoms with Crippen molar-refractivity contribution < 1.29 is 4.79 Å². The standard InChI is InChI=1S/C7H7ClOS/c8-5-7-2-1-6(10-7)3-4-9/h1-2,4H,3,5H2. The Kier molecular flexibility index (Phi) is 2.90. The number of aldehydes is 1. The number of alkyl halides is 1. The number of carbonyl (C=O) groups is 1. The third-order valence-electron chi connectivity index (χ3n) is 1.13. The molecule has 0 aromatic carbocycles. The van der Waals surface area contributed by atoms with Gasteiger partial charge in [-0.25, -0.2) is 0 Å². The van der Waals surface area contributed by atoms with Crippen molar-refractivity contribution >= 4 is 29.2 Å². The van der Waals surface area contributed by atoms with Gasteiger partial charge < -0.3 is 4.79 Å². The topological polar surface area (TPSA) is 17.1 Å². The van der Waals surface area contributed by atoms with E-state index in [1.54, 1.807) is 11.3 Å². The molecule has 1 aromatic heterocycles. The minimum absolute atomic E-state index is 0.515. The van der Waals surface area contributed by atoms with E-state index in [1.165, 1.54) is 0 Å². The van der Waals surface area contributed by atoms with Crippen molar-refractivity contribution in [3.8, 4) is 0 Å². The first kappa shape index (κ1) is 7.76. The summed E-state index contributed by atoms with van der Waals surface area (Å²) in [4.78, 5) is 12.3. The first-order valence-electron chi connectivity index (χ1n) is 2.94. The van der Waals surface area contributed by atoms with Gasteiger partial charge >= 0.3 is 0 Å². The zero-order valence-electron chi connectivity index (χ0n) is 5.34. The Labute approximate surface area is 68.6 Å². The summed E-state index contributed by atoms with van der Waals surface area (Å²) in [7, 11) is 0. The number of thiophene rings is 1. The van der Waals surface area contributed by atoms with Crippen LogP contribution in [0.25, 0.3) is 0 Å². The molecule has 0 fully saturated rings. The van der Waals surface area contributed by atoms with Gasteiger partial charge in [0.25, 0.3) is 0 Å². The molecule has 0 atom stereocenters. The molecule has 0 aliphatic rings. The van der Waals surface area contributed by atoms with Crippen molar-refractivity contribution in [3.05, 3.63) is 21.9 Å². The maximum atomic E-state index is 10.0. The lowest BCUT2D eigenvalue weighted by Crippen LogP contribution is -1.76. The number of hydrogen-bond acceptors (Lipinski definition) is 2. The van der Waals surface area contributed by atoms with E-state index in [0.717, 1.165) is 16.0 Å². The molecule has 10 heavy (non-hydrogen) atoms.